The number of benzene rings is 2. The molecular formula is C15H13N3O2. The van der Waals surface area contributed by atoms with Crippen molar-refractivity contribution in [2.45, 2.75) is 13.0 Å². The van der Waals surface area contributed by atoms with Gasteiger partial charge in [-0.25, -0.2) is 0 Å². The second-order valence-electron chi connectivity index (χ2n) is 4.59. The standard InChI is InChI=1S/C15H13N3O2/c19-18(20)15-8-4-7-14-13(15)11-17(16-14)10-9-12-5-2-1-3-6-12/h1-8,11H,9-10H2. The van der Waals surface area contributed by atoms with Crippen LogP contribution >= 0.6 is 0 Å². The predicted molar refractivity (Wildman–Crippen MR) is 76.5 cm³/mol. The Kier molecular flexibility index (Phi) is 3.16. The van der Waals surface area contributed by atoms with Crippen molar-refractivity contribution in [3.8, 4) is 0 Å². The Morgan fingerprint density at radius 2 is 1.90 bits per heavy atom. The number of fused-ring (bicyclic) bond motifs is 1. The third kappa shape index (κ3) is 2.38. The highest BCUT2D eigenvalue weighted by Gasteiger charge is 2.13. The first-order chi connectivity index (χ1) is 9.74. The maximum atomic E-state index is 11.0. The fourth-order valence-corrected chi connectivity index (χ4v) is 2.24. The molecule has 0 radical (unpaired) electrons. The Balaban J connectivity index is 1.86. The summed E-state index contributed by atoms with van der Waals surface area (Å²) in [6.07, 6.45) is 2.60. The number of hydrogen-bond donors (Lipinski definition) is 0. The number of nitro benzene ring substituents is 1. The monoisotopic (exact) mass is 267 g/mol. The maximum absolute atomic E-state index is 11.0. The molecule has 1 heterocycles. The average molecular weight is 267 g/mol. The molecule has 0 fully saturated rings. The number of nitrogens with zero attached hydrogens (tertiary/aromatic N) is 3. The van der Waals surface area contributed by atoms with Crippen LogP contribution in [0.1, 0.15) is 5.56 Å². The number of rotatable bonds is 4. The normalized spacial score (nSPS) is 10.8. The van der Waals surface area contributed by atoms with Crippen LogP contribution in [0.4, 0.5) is 5.69 Å². The van der Waals surface area contributed by atoms with Crippen LogP contribution in [0.5, 0.6) is 0 Å². The lowest BCUT2D eigenvalue weighted by molar-refractivity contribution is -0.383. The van der Waals surface area contributed by atoms with Crippen molar-refractivity contribution >= 4 is 16.6 Å². The van der Waals surface area contributed by atoms with E-state index < -0.39 is 0 Å². The van der Waals surface area contributed by atoms with Gasteiger partial charge in [-0.15, -0.1) is 0 Å². The third-order valence-electron chi connectivity index (χ3n) is 3.24. The van der Waals surface area contributed by atoms with E-state index in [1.54, 1.807) is 23.0 Å². The molecule has 3 rings (SSSR count). The summed E-state index contributed by atoms with van der Waals surface area (Å²) in [5.41, 5.74) is 1.99. The van der Waals surface area contributed by atoms with Gasteiger partial charge in [-0.2, -0.15) is 5.10 Å². The first-order valence-corrected chi connectivity index (χ1v) is 6.38. The van der Waals surface area contributed by atoms with E-state index in [9.17, 15) is 10.1 Å². The van der Waals surface area contributed by atoms with E-state index in [-0.39, 0.29) is 10.6 Å². The lowest BCUT2D eigenvalue weighted by atomic mass is 10.1. The summed E-state index contributed by atoms with van der Waals surface area (Å²) in [5, 5.41) is 15.9. The quantitative estimate of drug-likeness (QED) is 0.538. The van der Waals surface area contributed by atoms with E-state index >= 15 is 0 Å². The zero-order chi connectivity index (χ0) is 13.9. The molecule has 3 aromatic rings. The summed E-state index contributed by atoms with van der Waals surface area (Å²) in [4.78, 5) is 10.6. The van der Waals surface area contributed by atoms with Crippen LogP contribution in [0.3, 0.4) is 0 Å². The molecule has 0 saturated carbocycles. The Morgan fingerprint density at radius 3 is 2.65 bits per heavy atom. The SMILES string of the molecule is O=[N+]([O-])c1cccc2nn(CCc3ccccc3)cc12. The average Bonchev–Trinajstić information content (AvgIpc) is 2.88. The van der Waals surface area contributed by atoms with E-state index in [0.717, 1.165) is 6.42 Å². The third-order valence-corrected chi connectivity index (χ3v) is 3.24. The molecule has 20 heavy (non-hydrogen) atoms. The summed E-state index contributed by atoms with van der Waals surface area (Å²) in [6.45, 7) is 0.704. The molecule has 0 atom stereocenters. The minimum Gasteiger partial charge on any atom is -0.271 e. The molecule has 100 valence electrons. The van der Waals surface area contributed by atoms with Crippen LogP contribution in [0.15, 0.2) is 54.7 Å². The smallest absolute Gasteiger partial charge is 0.271 e. The molecule has 0 aliphatic heterocycles. The van der Waals surface area contributed by atoms with Crippen molar-refractivity contribution in [1.82, 2.24) is 9.78 Å². The Bertz CT molecular complexity index is 750. The summed E-state index contributed by atoms with van der Waals surface area (Å²) < 4.78 is 1.77. The molecule has 0 aliphatic carbocycles. The molecule has 0 spiro atoms. The van der Waals surface area contributed by atoms with E-state index in [4.69, 9.17) is 0 Å². The molecule has 2 aromatic carbocycles. The largest absolute Gasteiger partial charge is 0.280 e. The zero-order valence-electron chi connectivity index (χ0n) is 10.8. The number of aromatic nitrogens is 2. The van der Waals surface area contributed by atoms with Gasteiger partial charge in [0.15, 0.2) is 0 Å². The van der Waals surface area contributed by atoms with Gasteiger partial charge in [0, 0.05) is 18.8 Å². The van der Waals surface area contributed by atoms with Crippen molar-refractivity contribution in [1.29, 1.82) is 0 Å². The molecule has 5 heteroatoms. The highest BCUT2D eigenvalue weighted by atomic mass is 16.6. The molecule has 0 aliphatic rings. The van der Waals surface area contributed by atoms with Crippen molar-refractivity contribution < 1.29 is 4.92 Å². The van der Waals surface area contributed by atoms with E-state index in [1.165, 1.54) is 11.6 Å². The van der Waals surface area contributed by atoms with E-state index in [1.807, 2.05) is 18.2 Å². The van der Waals surface area contributed by atoms with Crippen LogP contribution in [-0.4, -0.2) is 14.7 Å². The molecule has 0 amide bonds. The van der Waals surface area contributed by atoms with Crippen LogP contribution in [0.2, 0.25) is 0 Å². The number of hydrogen-bond acceptors (Lipinski definition) is 3. The first kappa shape index (κ1) is 12.3. The Morgan fingerprint density at radius 1 is 1.10 bits per heavy atom. The fourth-order valence-electron chi connectivity index (χ4n) is 2.24. The first-order valence-electron chi connectivity index (χ1n) is 6.38. The summed E-state index contributed by atoms with van der Waals surface area (Å²) in [7, 11) is 0. The van der Waals surface area contributed by atoms with E-state index in [2.05, 4.69) is 17.2 Å². The number of non-ortho nitro benzene ring substituents is 1. The van der Waals surface area contributed by atoms with Gasteiger partial charge in [-0.3, -0.25) is 14.8 Å². The minimum atomic E-state index is -0.369. The molecule has 0 bridgehead atoms. The number of aryl methyl sites for hydroxylation is 2. The zero-order valence-corrected chi connectivity index (χ0v) is 10.8. The van der Waals surface area contributed by atoms with Crippen molar-refractivity contribution in [3.05, 3.63) is 70.4 Å². The van der Waals surface area contributed by atoms with Gasteiger partial charge in [0.05, 0.1) is 15.8 Å². The van der Waals surface area contributed by atoms with Gasteiger partial charge in [0.2, 0.25) is 0 Å². The van der Waals surface area contributed by atoms with Gasteiger partial charge in [-0.05, 0) is 18.1 Å². The second-order valence-corrected chi connectivity index (χ2v) is 4.59. The lowest BCUT2D eigenvalue weighted by Gasteiger charge is -2.01. The molecular weight excluding hydrogens is 254 g/mol. The van der Waals surface area contributed by atoms with E-state index in [0.29, 0.717) is 17.4 Å². The van der Waals surface area contributed by atoms with Gasteiger partial charge in [0.25, 0.3) is 5.69 Å². The van der Waals surface area contributed by atoms with Gasteiger partial charge >= 0.3 is 0 Å². The highest BCUT2D eigenvalue weighted by Crippen LogP contribution is 2.24. The molecule has 5 nitrogen and oxygen atoms in total. The van der Waals surface area contributed by atoms with Crippen molar-refractivity contribution in [2.24, 2.45) is 0 Å². The van der Waals surface area contributed by atoms with Crippen molar-refractivity contribution in [3.63, 3.8) is 0 Å². The minimum absolute atomic E-state index is 0.105. The highest BCUT2D eigenvalue weighted by molar-refractivity contribution is 5.87. The summed E-state index contributed by atoms with van der Waals surface area (Å²) in [5.74, 6) is 0. The molecule has 0 N–H and O–H groups in total. The molecule has 0 unspecified atom stereocenters. The summed E-state index contributed by atoms with van der Waals surface area (Å²) >= 11 is 0. The van der Waals surface area contributed by atoms with Crippen molar-refractivity contribution in [2.75, 3.05) is 0 Å². The molecule has 1 aromatic heterocycles. The second kappa shape index (κ2) is 5.13. The fraction of sp³-hybridized carbons (Fsp3) is 0.133. The Labute approximate surface area is 115 Å². The summed E-state index contributed by atoms with van der Waals surface area (Å²) in [6, 6.07) is 15.1. The molecule has 0 saturated heterocycles. The van der Waals surface area contributed by atoms with Gasteiger partial charge in [0.1, 0.15) is 0 Å². The van der Waals surface area contributed by atoms with Crippen LogP contribution in [0, 0.1) is 10.1 Å². The lowest BCUT2D eigenvalue weighted by Crippen LogP contribution is -2.01. The Hall–Kier alpha value is -2.69. The van der Waals surface area contributed by atoms with Crippen LogP contribution in [0.25, 0.3) is 10.9 Å². The number of nitro groups is 1. The maximum Gasteiger partial charge on any atom is 0.280 e. The van der Waals surface area contributed by atoms with Crippen LogP contribution in [-0.2, 0) is 13.0 Å². The predicted octanol–water partition coefficient (Wildman–Crippen LogP) is 3.19. The van der Waals surface area contributed by atoms with Gasteiger partial charge in [-0.1, -0.05) is 36.4 Å². The topological polar surface area (TPSA) is 61.0 Å². The van der Waals surface area contributed by atoms with Crippen LogP contribution < -0.4 is 0 Å². The van der Waals surface area contributed by atoms with Gasteiger partial charge < -0.3 is 0 Å².